The summed E-state index contributed by atoms with van der Waals surface area (Å²) in [5.41, 5.74) is -0.464. The lowest BCUT2D eigenvalue weighted by Gasteiger charge is -2.26. The molecule has 1 aromatic carbocycles. The Balaban J connectivity index is 2.32. The number of sulfonamides is 1. The third-order valence-corrected chi connectivity index (χ3v) is 4.57. The number of benzene rings is 1. The van der Waals surface area contributed by atoms with Gasteiger partial charge in [-0.25, -0.2) is 13.4 Å². The third kappa shape index (κ3) is 3.52. The van der Waals surface area contributed by atoms with Crippen LogP contribution in [0.4, 0.5) is 5.69 Å². The van der Waals surface area contributed by atoms with E-state index < -0.39 is 20.6 Å². The summed E-state index contributed by atoms with van der Waals surface area (Å²) in [6.45, 7) is 1.59. The van der Waals surface area contributed by atoms with E-state index in [0.29, 0.717) is 30.8 Å². The molecule has 1 heterocycles. The molecule has 1 aliphatic rings. The number of hydrogen-bond acceptors (Lipinski definition) is 6. The minimum Gasteiger partial charge on any atom is -0.379 e. The smallest absolute Gasteiger partial charge is 0.289 e. The molecule has 0 saturated carbocycles. The molecule has 1 N–H and O–H groups in total. The van der Waals surface area contributed by atoms with E-state index in [1.807, 2.05) is 0 Å². The van der Waals surface area contributed by atoms with Gasteiger partial charge in [-0.15, -0.1) is 4.83 Å². The fourth-order valence-electron chi connectivity index (χ4n) is 1.73. The number of rotatable bonds is 4. The molecule has 0 bridgehead atoms. The first kappa shape index (κ1) is 15.3. The molecule has 10 heteroatoms. The van der Waals surface area contributed by atoms with Crippen molar-refractivity contribution in [2.45, 2.75) is 4.90 Å². The molecule has 1 saturated heterocycles. The molecule has 0 unspecified atom stereocenters. The quantitative estimate of drug-likeness (QED) is 0.627. The summed E-state index contributed by atoms with van der Waals surface area (Å²) in [4.78, 5) is 12.2. The second-order valence-corrected chi connectivity index (χ2v) is 6.61. The first-order valence-electron chi connectivity index (χ1n) is 5.69. The average Bonchev–Trinajstić information content (AvgIpc) is 2.39. The van der Waals surface area contributed by atoms with Crippen molar-refractivity contribution >= 4 is 31.6 Å². The fourth-order valence-corrected chi connectivity index (χ4v) is 3.56. The van der Waals surface area contributed by atoms with Crippen LogP contribution < -0.4 is 4.83 Å². The van der Waals surface area contributed by atoms with Gasteiger partial charge in [-0.05, 0) is 12.1 Å². The maximum absolute atomic E-state index is 12.3. The van der Waals surface area contributed by atoms with Crippen molar-refractivity contribution < 1.29 is 18.1 Å². The standard InChI is InChI=1S/C10H12BrN3O5S/c11-8-1-2-9(14(15)16)10(7-8)20(17,18)12-13-3-5-19-6-4-13/h1-2,7,12H,3-6H2. The summed E-state index contributed by atoms with van der Waals surface area (Å²) in [5.74, 6) is 0. The van der Waals surface area contributed by atoms with Crippen LogP contribution in [0.15, 0.2) is 27.6 Å². The van der Waals surface area contributed by atoms with Gasteiger partial charge in [-0.1, -0.05) is 15.9 Å². The Morgan fingerprint density at radius 1 is 1.35 bits per heavy atom. The van der Waals surface area contributed by atoms with Crippen molar-refractivity contribution in [2.24, 2.45) is 0 Å². The highest BCUT2D eigenvalue weighted by Gasteiger charge is 2.28. The zero-order valence-electron chi connectivity index (χ0n) is 10.3. The van der Waals surface area contributed by atoms with Crippen molar-refractivity contribution in [1.29, 1.82) is 0 Å². The van der Waals surface area contributed by atoms with Gasteiger partial charge >= 0.3 is 0 Å². The summed E-state index contributed by atoms with van der Waals surface area (Å²) in [7, 11) is -4.01. The zero-order chi connectivity index (χ0) is 14.8. The van der Waals surface area contributed by atoms with Crippen molar-refractivity contribution in [1.82, 2.24) is 9.84 Å². The normalized spacial score (nSPS) is 17.1. The highest BCUT2D eigenvalue weighted by atomic mass is 79.9. The van der Waals surface area contributed by atoms with E-state index in [4.69, 9.17) is 4.74 Å². The van der Waals surface area contributed by atoms with Crippen molar-refractivity contribution in [3.05, 3.63) is 32.8 Å². The van der Waals surface area contributed by atoms with E-state index in [9.17, 15) is 18.5 Å². The van der Waals surface area contributed by atoms with Gasteiger partial charge < -0.3 is 4.74 Å². The van der Waals surface area contributed by atoms with Gasteiger partial charge in [0.25, 0.3) is 15.7 Å². The summed E-state index contributed by atoms with van der Waals surface area (Å²) >= 11 is 3.11. The Kier molecular flexibility index (Phi) is 4.70. The third-order valence-electron chi connectivity index (χ3n) is 2.67. The summed E-state index contributed by atoms with van der Waals surface area (Å²) < 4.78 is 30.1. The molecule has 1 fully saturated rings. The zero-order valence-corrected chi connectivity index (χ0v) is 12.7. The topological polar surface area (TPSA) is 102 Å². The average molecular weight is 366 g/mol. The summed E-state index contributed by atoms with van der Waals surface area (Å²) in [6, 6.07) is 3.78. The van der Waals surface area contributed by atoms with Gasteiger partial charge in [0.15, 0.2) is 4.90 Å². The number of nitro groups is 1. The lowest BCUT2D eigenvalue weighted by Crippen LogP contribution is -2.48. The van der Waals surface area contributed by atoms with Crippen LogP contribution in [0.3, 0.4) is 0 Å². The molecule has 2 rings (SSSR count). The maximum atomic E-state index is 12.3. The van der Waals surface area contributed by atoms with Gasteiger partial charge in [0, 0.05) is 23.6 Å². The van der Waals surface area contributed by atoms with Crippen molar-refractivity contribution in [3.63, 3.8) is 0 Å². The minimum atomic E-state index is -4.01. The lowest BCUT2D eigenvalue weighted by atomic mass is 10.3. The molecule has 8 nitrogen and oxygen atoms in total. The number of nitrogens with one attached hydrogen (secondary N) is 1. The number of hydrogen-bond donors (Lipinski definition) is 1. The van der Waals surface area contributed by atoms with E-state index in [-0.39, 0.29) is 4.90 Å². The van der Waals surface area contributed by atoms with Crippen molar-refractivity contribution in [2.75, 3.05) is 26.3 Å². The summed E-state index contributed by atoms with van der Waals surface area (Å²) in [5, 5.41) is 12.4. The van der Waals surface area contributed by atoms with Crippen LogP contribution >= 0.6 is 15.9 Å². The van der Waals surface area contributed by atoms with E-state index in [1.54, 1.807) is 0 Å². The number of halogens is 1. The van der Waals surface area contributed by atoms with Crippen LogP contribution in [0, 0.1) is 10.1 Å². The first-order chi connectivity index (χ1) is 9.40. The van der Waals surface area contributed by atoms with E-state index in [1.165, 1.54) is 17.1 Å². The predicted molar refractivity (Wildman–Crippen MR) is 73.5 cm³/mol. The molecule has 0 spiro atoms. The molecule has 110 valence electrons. The number of nitro benzene ring substituents is 1. The Hall–Kier alpha value is -1.07. The number of ether oxygens (including phenoxy) is 1. The molecular weight excluding hydrogens is 354 g/mol. The first-order valence-corrected chi connectivity index (χ1v) is 7.97. The molecule has 0 atom stereocenters. The van der Waals surface area contributed by atoms with E-state index in [0.717, 1.165) is 6.07 Å². The Labute approximate surface area is 124 Å². The van der Waals surface area contributed by atoms with Crippen LogP contribution in [0.2, 0.25) is 0 Å². The molecule has 0 amide bonds. The highest BCUT2D eigenvalue weighted by Crippen LogP contribution is 2.27. The second-order valence-electron chi connectivity index (χ2n) is 4.06. The van der Waals surface area contributed by atoms with Gasteiger partial charge in [0.2, 0.25) is 0 Å². The largest absolute Gasteiger partial charge is 0.379 e. The summed E-state index contributed by atoms with van der Waals surface area (Å²) in [6.07, 6.45) is 0. The molecule has 0 aliphatic carbocycles. The van der Waals surface area contributed by atoms with Crippen molar-refractivity contribution in [3.8, 4) is 0 Å². The van der Waals surface area contributed by atoms with Crippen LogP contribution in [0.25, 0.3) is 0 Å². The molecule has 20 heavy (non-hydrogen) atoms. The van der Waals surface area contributed by atoms with E-state index in [2.05, 4.69) is 20.8 Å². The second kappa shape index (κ2) is 6.14. The predicted octanol–water partition coefficient (Wildman–Crippen LogP) is 0.883. The number of morpholine rings is 1. The van der Waals surface area contributed by atoms with Gasteiger partial charge in [0.05, 0.1) is 18.1 Å². The minimum absolute atomic E-state index is 0.372. The van der Waals surface area contributed by atoms with Crippen LogP contribution in [0.5, 0.6) is 0 Å². The molecule has 0 aromatic heterocycles. The Morgan fingerprint density at radius 2 is 2.00 bits per heavy atom. The van der Waals surface area contributed by atoms with E-state index >= 15 is 0 Å². The molecule has 1 aromatic rings. The molecular formula is C10H12BrN3O5S. The lowest BCUT2D eigenvalue weighted by molar-refractivity contribution is -0.387. The van der Waals surface area contributed by atoms with Crippen LogP contribution in [0.1, 0.15) is 0 Å². The van der Waals surface area contributed by atoms with Gasteiger partial charge in [0.1, 0.15) is 0 Å². The Bertz CT molecular complexity index is 615. The van der Waals surface area contributed by atoms with Crippen LogP contribution in [-0.4, -0.2) is 44.7 Å². The van der Waals surface area contributed by atoms with Gasteiger partial charge in [-0.3, -0.25) is 10.1 Å². The highest BCUT2D eigenvalue weighted by molar-refractivity contribution is 9.10. The SMILES string of the molecule is O=[N+]([O-])c1ccc(Br)cc1S(=O)(=O)NN1CCOCC1. The number of nitrogens with zero attached hydrogens (tertiary/aromatic N) is 2. The Morgan fingerprint density at radius 3 is 2.60 bits per heavy atom. The van der Waals surface area contributed by atoms with Crippen LogP contribution in [-0.2, 0) is 14.8 Å². The molecule has 1 aliphatic heterocycles. The maximum Gasteiger partial charge on any atom is 0.289 e. The fraction of sp³-hybridized carbons (Fsp3) is 0.400. The monoisotopic (exact) mass is 365 g/mol. The van der Waals surface area contributed by atoms with Gasteiger partial charge in [-0.2, -0.15) is 0 Å². The molecule has 0 radical (unpaired) electrons. The number of hydrazine groups is 1.